The van der Waals surface area contributed by atoms with Crippen LogP contribution in [0.5, 0.6) is 5.75 Å². The van der Waals surface area contributed by atoms with Crippen molar-refractivity contribution in [2.24, 2.45) is 0 Å². The van der Waals surface area contributed by atoms with Crippen molar-refractivity contribution in [3.05, 3.63) is 35.5 Å². The van der Waals surface area contributed by atoms with E-state index in [1.54, 1.807) is 7.11 Å². The molecule has 0 aliphatic carbocycles. The zero-order valence-corrected chi connectivity index (χ0v) is 11.8. The fourth-order valence-electron chi connectivity index (χ4n) is 1.99. The molecule has 0 atom stereocenters. The predicted octanol–water partition coefficient (Wildman–Crippen LogP) is 3.20. The van der Waals surface area contributed by atoms with Crippen LogP contribution < -0.4 is 10.1 Å². The maximum Gasteiger partial charge on any atom is 0.223 e. The van der Waals surface area contributed by atoms with E-state index >= 15 is 0 Å². The first kappa shape index (κ1) is 13.3. The zero-order chi connectivity index (χ0) is 13.8. The second kappa shape index (κ2) is 5.69. The smallest absolute Gasteiger partial charge is 0.223 e. The van der Waals surface area contributed by atoms with Crippen LogP contribution in [0.1, 0.15) is 18.2 Å². The molecular weight excluding hydrogens is 238 g/mol. The van der Waals surface area contributed by atoms with Gasteiger partial charge in [0.25, 0.3) is 0 Å². The summed E-state index contributed by atoms with van der Waals surface area (Å²) in [6.07, 6.45) is 0. The lowest BCUT2D eigenvalue weighted by molar-refractivity contribution is 0.414. The van der Waals surface area contributed by atoms with Crippen LogP contribution in [0.25, 0.3) is 11.3 Å². The lowest BCUT2D eigenvalue weighted by Crippen LogP contribution is -2.04. The molecule has 1 aromatic heterocycles. The number of hydrogen-bond acceptors (Lipinski definition) is 4. The first-order valence-corrected chi connectivity index (χ1v) is 6.38. The lowest BCUT2D eigenvalue weighted by atomic mass is 10.0. The van der Waals surface area contributed by atoms with Crippen LogP contribution in [0.2, 0.25) is 0 Å². The maximum atomic E-state index is 5.23. The number of methoxy groups -OCH3 is 1. The van der Waals surface area contributed by atoms with E-state index in [9.17, 15) is 0 Å². The van der Waals surface area contributed by atoms with E-state index in [0.717, 1.165) is 34.8 Å². The molecule has 0 bridgehead atoms. The molecule has 0 spiro atoms. The van der Waals surface area contributed by atoms with Gasteiger partial charge in [-0.15, -0.1) is 0 Å². The number of aryl methyl sites for hydroxylation is 2. The Balaban J connectivity index is 2.46. The van der Waals surface area contributed by atoms with Crippen LogP contribution in [0.3, 0.4) is 0 Å². The molecule has 0 aliphatic heterocycles. The summed E-state index contributed by atoms with van der Waals surface area (Å²) < 4.78 is 5.23. The minimum atomic E-state index is 0.674. The summed E-state index contributed by atoms with van der Waals surface area (Å²) in [4.78, 5) is 8.91. The quantitative estimate of drug-likeness (QED) is 0.913. The summed E-state index contributed by atoms with van der Waals surface area (Å²) in [5.41, 5.74) is 4.13. The van der Waals surface area contributed by atoms with Gasteiger partial charge in [-0.3, -0.25) is 0 Å². The van der Waals surface area contributed by atoms with Gasteiger partial charge in [0.2, 0.25) is 5.95 Å². The van der Waals surface area contributed by atoms with E-state index in [0.29, 0.717) is 5.95 Å². The Labute approximate surface area is 113 Å². The highest BCUT2D eigenvalue weighted by Crippen LogP contribution is 2.26. The molecular formula is C15H19N3O. The van der Waals surface area contributed by atoms with Gasteiger partial charge in [-0.1, -0.05) is 0 Å². The van der Waals surface area contributed by atoms with Crippen LogP contribution in [0, 0.1) is 13.8 Å². The highest BCUT2D eigenvalue weighted by Gasteiger charge is 2.07. The molecule has 0 aliphatic rings. The molecule has 0 fully saturated rings. The van der Waals surface area contributed by atoms with Crippen LogP contribution in [-0.4, -0.2) is 23.6 Å². The SMILES string of the molecule is CCNc1nc(C)cc(-c2ccc(OC)cc2C)n1. The van der Waals surface area contributed by atoms with Crippen molar-refractivity contribution >= 4 is 5.95 Å². The van der Waals surface area contributed by atoms with Crippen molar-refractivity contribution in [1.29, 1.82) is 0 Å². The van der Waals surface area contributed by atoms with Gasteiger partial charge in [0, 0.05) is 17.8 Å². The number of benzene rings is 1. The number of hydrogen-bond donors (Lipinski definition) is 1. The zero-order valence-electron chi connectivity index (χ0n) is 11.8. The van der Waals surface area contributed by atoms with Gasteiger partial charge in [0.05, 0.1) is 12.8 Å². The molecule has 0 radical (unpaired) electrons. The van der Waals surface area contributed by atoms with Crippen molar-refractivity contribution in [1.82, 2.24) is 9.97 Å². The summed E-state index contributed by atoms with van der Waals surface area (Å²) in [5, 5.41) is 3.15. The Kier molecular flexibility index (Phi) is 4.00. The Hall–Kier alpha value is -2.10. The Bertz CT molecular complexity index is 582. The Morgan fingerprint density at radius 1 is 1.16 bits per heavy atom. The highest BCUT2D eigenvalue weighted by molar-refractivity contribution is 5.66. The van der Waals surface area contributed by atoms with Crippen molar-refractivity contribution in [3.63, 3.8) is 0 Å². The molecule has 1 aromatic carbocycles. The minimum absolute atomic E-state index is 0.674. The van der Waals surface area contributed by atoms with Gasteiger partial charge in [-0.2, -0.15) is 0 Å². The van der Waals surface area contributed by atoms with Gasteiger partial charge in [0.15, 0.2) is 0 Å². The molecule has 0 unspecified atom stereocenters. The molecule has 4 heteroatoms. The van der Waals surface area contributed by atoms with Crippen molar-refractivity contribution < 1.29 is 4.74 Å². The summed E-state index contributed by atoms with van der Waals surface area (Å²) in [6.45, 7) is 6.88. The predicted molar refractivity (Wildman–Crippen MR) is 77.7 cm³/mol. The summed E-state index contributed by atoms with van der Waals surface area (Å²) in [5.74, 6) is 1.53. The molecule has 1 N–H and O–H groups in total. The van der Waals surface area contributed by atoms with E-state index in [2.05, 4.69) is 22.2 Å². The lowest BCUT2D eigenvalue weighted by Gasteiger charge is -2.10. The summed E-state index contributed by atoms with van der Waals surface area (Å²) >= 11 is 0. The maximum absolute atomic E-state index is 5.23. The number of ether oxygens (including phenoxy) is 1. The average molecular weight is 257 g/mol. The van der Waals surface area contributed by atoms with Crippen molar-refractivity contribution in [3.8, 4) is 17.0 Å². The average Bonchev–Trinajstić information content (AvgIpc) is 2.38. The molecule has 0 saturated heterocycles. The molecule has 100 valence electrons. The third-order valence-electron chi connectivity index (χ3n) is 2.90. The third kappa shape index (κ3) is 3.02. The van der Waals surface area contributed by atoms with E-state index < -0.39 is 0 Å². The summed E-state index contributed by atoms with van der Waals surface area (Å²) in [6, 6.07) is 7.99. The molecule has 0 saturated carbocycles. The number of rotatable bonds is 4. The number of aromatic nitrogens is 2. The molecule has 1 heterocycles. The topological polar surface area (TPSA) is 47.0 Å². The van der Waals surface area contributed by atoms with Crippen LogP contribution >= 0.6 is 0 Å². The number of nitrogens with one attached hydrogen (secondary N) is 1. The monoisotopic (exact) mass is 257 g/mol. The van der Waals surface area contributed by atoms with E-state index in [1.807, 2.05) is 38.1 Å². The number of nitrogens with zero attached hydrogens (tertiary/aromatic N) is 2. The van der Waals surface area contributed by atoms with Crippen molar-refractivity contribution in [2.75, 3.05) is 19.0 Å². The standard InChI is InChI=1S/C15H19N3O/c1-5-16-15-17-11(3)9-14(18-15)13-7-6-12(19-4)8-10(13)2/h6-9H,5H2,1-4H3,(H,16,17,18). The van der Waals surface area contributed by atoms with Crippen LogP contribution in [0.4, 0.5) is 5.95 Å². The number of anilines is 1. The largest absolute Gasteiger partial charge is 0.497 e. The van der Waals surface area contributed by atoms with Gasteiger partial charge in [-0.05, 0) is 50.6 Å². The second-order valence-electron chi connectivity index (χ2n) is 4.43. The Morgan fingerprint density at radius 3 is 2.58 bits per heavy atom. The molecule has 19 heavy (non-hydrogen) atoms. The van der Waals surface area contributed by atoms with E-state index in [4.69, 9.17) is 4.74 Å². The van der Waals surface area contributed by atoms with Crippen LogP contribution in [-0.2, 0) is 0 Å². The second-order valence-corrected chi connectivity index (χ2v) is 4.43. The third-order valence-corrected chi connectivity index (χ3v) is 2.90. The fraction of sp³-hybridized carbons (Fsp3) is 0.333. The molecule has 0 amide bonds. The molecule has 4 nitrogen and oxygen atoms in total. The Morgan fingerprint density at radius 2 is 1.95 bits per heavy atom. The van der Waals surface area contributed by atoms with Gasteiger partial charge >= 0.3 is 0 Å². The highest BCUT2D eigenvalue weighted by atomic mass is 16.5. The minimum Gasteiger partial charge on any atom is -0.497 e. The normalized spacial score (nSPS) is 10.3. The molecule has 2 rings (SSSR count). The summed E-state index contributed by atoms with van der Waals surface area (Å²) in [7, 11) is 1.67. The van der Waals surface area contributed by atoms with E-state index in [1.165, 1.54) is 0 Å². The molecule has 2 aromatic rings. The van der Waals surface area contributed by atoms with Gasteiger partial charge < -0.3 is 10.1 Å². The fourth-order valence-corrected chi connectivity index (χ4v) is 1.99. The van der Waals surface area contributed by atoms with Gasteiger partial charge in [-0.25, -0.2) is 9.97 Å². The van der Waals surface area contributed by atoms with Crippen LogP contribution in [0.15, 0.2) is 24.3 Å². The van der Waals surface area contributed by atoms with E-state index in [-0.39, 0.29) is 0 Å². The first-order chi connectivity index (χ1) is 9.13. The van der Waals surface area contributed by atoms with Gasteiger partial charge in [0.1, 0.15) is 5.75 Å². The first-order valence-electron chi connectivity index (χ1n) is 6.38. The van der Waals surface area contributed by atoms with Crippen molar-refractivity contribution in [2.45, 2.75) is 20.8 Å².